The summed E-state index contributed by atoms with van der Waals surface area (Å²) < 4.78 is 7.08. The van der Waals surface area contributed by atoms with Crippen LogP contribution in [0.15, 0.2) is 22.7 Å². The Morgan fingerprint density at radius 1 is 1.42 bits per heavy atom. The SMILES string of the molecule is O=CN1CCC2(CC1)CC(O)c1cccc(Br)c1O2. The van der Waals surface area contributed by atoms with Crippen molar-refractivity contribution in [1.82, 2.24) is 4.90 Å². The molecule has 1 spiro atoms. The monoisotopic (exact) mass is 325 g/mol. The molecule has 1 aromatic carbocycles. The van der Waals surface area contributed by atoms with E-state index in [1.807, 2.05) is 18.2 Å². The molecule has 1 N–H and O–H groups in total. The number of carbonyl (C=O) groups is 1. The van der Waals surface area contributed by atoms with E-state index in [0.717, 1.165) is 35.0 Å². The van der Waals surface area contributed by atoms with Crippen LogP contribution in [0.5, 0.6) is 5.75 Å². The third-order valence-corrected chi connectivity index (χ3v) is 4.72. The Labute approximate surface area is 120 Å². The van der Waals surface area contributed by atoms with Crippen LogP contribution in [0.2, 0.25) is 0 Å². The highest BCUT2D eigenvalue weighted by atomic mass is 79.9. The van der Waals surface area contributed by atoms with Crippen molar-refractivity contribution < 1.29 is 14.6 Å². The van der Waals surface area contributed by atoms with E-state index >= 15 is 0 Å². The maximum Gasteiger partial charge on any atom is 0.209 e. The van der Waals surface area contributed by atoms with Gasteiger partial charge in [0.1, 0.15) is 11.4 Å². The predicted molar refractivity (Wildman–Crippen MR) is 73.9 cm³/mol. The van der Waals surface area contributed by atoms with Crippen LogP contribution in [0.25, 0.3) is 0 Å². The van der Waals surface area contributed by atoms with Gasteiger partial charge in [-0.2, -0.15) is 0 Å². The second kappa shape index (κ2) is 4.80. The first-order chi connectivity index (χ1) is 9.13. The minimum absolute atomic E-state index is 0.337. The molecular weight excluding hydrogens is 310 g/mol. The normalized spacial score (nSPS) is 24.7. The van der Waals surface area contributed by atoms with Crippen molar-refractivity contribution in [3.05, 3.63) is 28.2 Å². The molecule has 2 aliphatic rings. The van der Waals surface area contributed by atoms with Crippen molar-refractivity contribution >= 4 is 22.3 Å². The van der Waals surface area contributed by atoms with E-state index < -0.39 is 6.10 Å². The molecule has 5 heteroatoms. The molecule has 1 unspecified atom stereocenters. The van der Waals surface area contributed by atoms with Gasteiger partial charge >= 0.3 is 0 Å². The van der Waals surface area contributed by atoms with E-state index in [-0.39, 0.29) is 5.60 Å². The molecule has 1 amide bonds. The first kappa shape index (κ1) is 12.9. The summed E-state index contributed by atoms with van der Waals surface area (Å²) in [5, 5.41) is 10.3. The standard InChI is InChI=1S/C14H16BrNO3/c15-11-3-1-2-10-12(18)8-14(19-13(10)11)4-6-16(9-17)7-5-14/h1-3,9,12,18H,4-8H2. The van der Waals surface area contributed by atoms with Crippen molar-refractivity contribution in [3.63, 3.8) is 0 Å². The lowest BCUT2D eigenvalue weighted by Crippen LogP contribution is -2.50. The number of benzene rings is 1. The lowest BCUT2D eigenvalue weighted by Gasteiger charge is -2.45. The summed E-state index contributed by atoms with van der Waals surface area (Å²) in [5.74, 6) is 0.751. The number of likely N-dealkylation sites (tertiary alicyclic amines) is 1. The summed E-state index contributed by atoms with van der Waals surface area (Å²) in [6, 6.07) is 5.73. The van der Waals surface area contributed by atoms with Gasteiger partial charge in [0.2, 0.25) is 6.41 Å². The van der Waals surface area contributed by atoms with Crippen LogP contribution in [-0.4, -0.2) is 35.1 Å². The Balaban J connectivity index is 1.88. The molecule has 2 aliphatic heterocycles. The van der Waals surface area contributed by atoms with E-state index in [1.165, 1.54) is 0 Å². The van der Waals surface area contributed by atoms with Crippen LogP contribution in [0.3, 0.4) is 0 Å². The number of hydrogen-bond acceptors (Lipinski definition) is 3. The summed E-state index contributed by atoms with van der Waals surface area (Å²) in [6.45, 7) is 1.38. The van der Waals surface area contributed by atoms with Crippen LogP contribution >= 0.6 is 15.9 Å². The van der Waals surface area contributed by atoms with Crippen molar-refractivity contribution in [1.29, 1.82) is 0 Å². The molecule has 0 aromatic heterocycles. The molecule has 3 rings (SSSR count). The fourth-order valence-corrected chi connectivity index (χ4v) is 3.42. The van der Waals surface area contributed by atoms with E-state index in [4.69, 9.17) is 4.74 Å². The first-order valence-electron chi connectivity index (χ1n) is 6.48. The number of nitrogens with zero attached hydrogens (tertiary/aromatic N) is 1. The summed E-state index contributed by atoms with van der Waals surface area (Å²) in [6.07, 6.45) is 2.52. The van der Waals surface area contributed by atoms with E-state index in [0.29, 0.717) is 19.5 Å². The average Bonchev–Trinajstić information content (AvgIpc) is 2.41. The number of piperidine rings is 1. The third-order valence-electron chi connectivity index (χ3n) is 4.10. The van der Waals surface area contributed by atoms with Gasteiger partial charge < -0.3 is 14.7 Å². The highest BCUT2D eigenvalue weighted by Crippen LogP contribution is 2.46. The maximum atomic E-state index is 10.8. The van der Waals surface area contributed by atoms with Crippen LogP contribution in [0.4, 0.5) is 0 Å². The quantitative estimate of drug-likeness (QED) is 0.806. The van der Waals surface area contributed by atoms with Gasteiger partial charge in [-0.15, -0.1) is 0 Å². The summed E-state index contributed by atoms with van der Waals surface area (Å²) >= 11 is 3.48. The van der Waals surface area contributed by atoms with Gasteiger partial charge in [0.25, 0.3) is 0 Å². The van der Waals surface area contributed by atoms with Gasteiger partial charge in [0.05, 0.1) is 10.6 Å². The topological polar surface area (TPSA) is 49.8 Å². The lowest BCUT2D eigenvalue weighted by molar-refractivity contribution is -0.123. The molecule has 0 saturated carbocycles. The fraction of sp³-hybridized carbons (Fsp3) is 0.500. The number of fused-ring (bicyclic) bond motifs is 1. The molecule has 19 heavy (non-hydrogen) atoms. The van der Waals surface area contributed by atoms with Gasteiger partial charge in [0.15, 0.2) is 0 Å². The molecule has 2 heterocycles. The van der Waals surface area contributed by atoms with E-state index in [2.05, 4.69) is 15.9 Å². The third kappa shape index (κ3) is 2.25. The highest BCUT2D eigenvalue weighted by molar-refractivity contribution is 9.10. The van der Waals surface area contributed by atoms with Gasteiger partial charge in [0, 0.05) is 37.9 Å². The number of aliphatic hydroxyl groups excluding tert-OH is 1. The Hall–Kier alpha value is -1.07. The molecule has 4 nitrogen and oxygen atoms in total. The molecule has 1 aromatic rings. The van der Waals surface area contributed by atoms with Crippen molar-refractivity contribution in [2.75, 3.05) is 13.1 Å². The van der Waals surface area contributed by atoms with Crippen LogP contribution in [0.1, 0.15) is 30.9 Å². The van der Waals surface area contributed by atoms with E-state index in [9.17, 15) is 9.90 Å². The zero-order valence-corrected chi connectivity index (χ0v) is 12.1. The predicted octanol–water partition coefficient (Wildman–Crippen LogP) is 2.26. The number of hydrogen-bond donors (Lipinski definition) is 1. The van der Waals surface area contributed by atoms with Crippen molar-refractivity contribution in [2.24, 2.45) is 0 Å². The second-order valence-electron chi connectivity index (χ2n) is 5.30. The Morgan fingerprint density at radius 3 is 2.84 bits per heavy atom. The molecule has 102 valence electrons. The number of rotatable bonds is 1. The zero-order valence-electron chi connectivity index (χ0n) is 10.5. The minimum Gasteiger partial charge on any atom is -0.485 e. The van der Waals surface area contributed by atoms with Crippen molar-refractivity contribution in [3.8, 4) is 5.75 Å². The molecule has 0 radical (unpaired) electrons. The Bertz CT molecular complexity index is 497. The number of ether oxygens (including phenoxy) is 1. The highest BCUT2D eigenvalue weighted by Gasteiger charge is 2.43. The van der Waals surface area contributed by atoms with Crippen LogP contribution in [-0.2, 0) is 4.79 Å². The van der Waals surface area contributed by atoms with Gasteiger partial charge in [-0.05, 0) is 22.0 Å². The number of aliphatic hydroxyl groups is 1. The van der Waals surface area contributed by atoms with Gasteiger partial charge in [-0.3, -0.25) is 4.79 Å². The summed E-state index contributed by atoms with van der Waals surface area (Å²) in [4.78, 5) is 12.5. The Morgan fingerprint density at radius 2 is 2.16 bits per heavy atom. The Kier molecular flexibility index (Phi) is 3.27. The van der Waals surface area contributed by atoms with Crippen molar-refractivity contribution in [2.45, 2.75) is 31.0 Å². The first-order valence-corrected chi connectivity index (χ1v) is 7.28. The molecule has 1 fully saturated rings. The lowest BCUT2D eigenvalue weighted by atomic mass is 9.82. The molecule has 0 aliphatic carbocycles. The second-order valence-corrected chi connectivity index (χ2v) is 6.16. The summed E-state index contributed by atoms with van der Waals surface area (Å²) in [5.41, 5.74) is 0.508. The number of carbonyl (C=O) groups excluding carboxylic acids is 1. The maximum absolute atomic E-state index is 10.8. The molecule has 0 bridgehead atoms. The molecule has 1 atom stereocenters. The van der Waals surface area contributed by atoms with Gasteiger partial charge in [-0.25, -0.2) is 0 Å². The molecular formula is C14H16BrNO3. The molecule has 1 saturated heterocycles. The smallest absolute Gasteiger partial charge is 0.209 e. The number of halogens is 1. The summed E-state index contributed by atoms with van der Waals surface area (Å²) in [7, 11) is 0. The van der Waals surface area contributed by atoms with Gasteiger partial charge in [-0.1, -0.05) is 12.1 Å². The minimum atomic E-state index is -0.496. The fourth-order valence-electron chi connectivity index (χ4n) is 2.96. The largest absolute Gasteiger partial charge is 0.485 e. The average molecular weight is 326 g/mol. The zero-order chi connectivity index (χ0) is 13.5. The van der Waals surface area contributed by atoms with Crippen LogP contribution in [0, 0.1) is 0 Å². The van der Waals surface area contributed by atoms with E-state index in [1.54, 1.807) is 4.90 Å². The number of amides is 1. The van der Waals surface area contributed by atoms with Crippen LogP contribution < -0.4 is 4.74 Å². The number of para-hydroxylation sites is 1.